The Morgan fingerprint density at radius 1 is 1.60 bits per heavy atom. The summed E-state index contributed by atoms with van der Waals surface area (Å²) in [5.41, 5.74) is 0.724. The summed E-state index contributed by atoms with van der Waals surface area (Å²) in [5, 5.41) is 19.5. The molecule has 0 fully saturated rings. The maximum atomic E-state index is 10.5. The van der Waals surface area contributed by atoms with E-state index < -0.39 is 11.0 Å². The molecule has 0 aliphatic heterocycles. The van der Waals surface area contributed by atoms with E-state index in [0.717, 1.165) is 0 Å². The molecule has 5 heteroatoms. The first-order chi connectivity index (χ1) is 7.00. The van der Waals surface area contributed by atoms with Crippen LogP contribution in [-0.4, -0.2) is 22.7 Å². The Kier molecular flexibility index (Phi) is 3.62. The summed E-state index contributed by atoms with van der Waals surface area (Å²) in [5.74, 6) is 0.557. The van der Waals surface area contributed by atoms with Gasteiger partial charge in [-0.25, -0.2) is 0 Å². The van der Waals surface area contributed by atoms with Gasteiger partial charge in [-0.15, -0.1) is 0 Å². The van der Waals surface area contributed by atoms with E-state index >= 15 is 0 Å². The number of hydrogen-bond acceptors (Lipinski definition) is 4. The summed E-state index contributed by atoms with van der Waals surface area (Å²) >= 11 is 0. The zero-order chi connectivity index (χ0) is 11.4. The molecule has 1 rings (SSSR count). The van der Waals surface area contributed by atoms with Gasteiger partial charge in [-0.3, -0.25) is 10.1 Å². The maximum Gasteiger partial charge on any atom is 0.269 e. The van der Waals surface area contributed by atoms with Crippen molar-refractivity contribution >= 4 is 5.69 Å². The van der Waals surface area contributed by atoms with Gasteiger partial charge in [0.1, 0.15) is 12.4 Å². The molecule has 5 nitrogen and oxygen atoms in total. The van der Waals surface area contributed by atoms with Crippen LogP contribution in [0.2, 0.25) is 0 Å². The van der Waals surface area contributed by atoms with E-state index in [9.17, 15) is 10.1 Å². The van der Waals surface area contributed by atoms with Crippen molar-refractivity contribution in [3.8, 4) is 5.75 Å². The number of aryl methyl sites for hydroxylation is 1. The topological polar surface area (TPSA) is 72.6 Å². The van der Waals surface area contributed by atoms with Crippen LogP contribution in [0, 0.1) is 17.0 Å². The first-order valence-corrected chi connectivity index (χ1v) is 4.56. The Morgan fingerprint density at radius 3 is 2.73 bits per heavy atom. The van der Waals surface area contributed by atoms with Gasteiger partial charge in [-0.2, -0.15) is 0 Å². The molecule has 82 valence electrons. The van der Waals surface area contributed by atoms with Gasteiger partial charge in [-0.1, -0.05) is 0 Å². The highest BCUT2D eigenvalue weighted by Crippen LogP contribution is 2.23. The summed E-state index contributed by atoms with van der Waals surface area (Å²) in [6, 6.07) is 4.36. The molecule has 1 atom stereocenters. The van der Waals surface area contributed by atoms with E-state index in [2.05, 4.69) is 0 Å². The van der Waals surface area contributed by atoms with Crippen molar-refractivity contribution in [3.05, 3.63) is 33.9 Å². The van der Waals surface area contributed by atoms with Crippen molar-refractivity contribution in [3.63, 3.8) is 0 Å². The van der Waals surface area contributed by atoms with E-state index in [0.29, 0.717) is 11.3 Å². The van der Waals surface area contributed by atoms with Crippen LogP contribution in [0.4, 0.5) is 5.69 Å². The van der Waals surface area contributed by atoms with Gasteiger partial charge in [0.05, 0.1) is 11.0 Å². The average molecular weight is 211 g/mol. The Balaban J connectivity index is 2.79. The van der Waals surface area contributed by atoms with E-state index in [4.69, 9.17) is 9.84 Å². The molecule has 0 radical (unpaired) electrons. The number of nitrogens with zero attached hydrogens (tertiary/aromatic N) is 1. The predicted molar refractivity (Wildman–Crippen MR) is 55.0 cm³/mol. The second-order valence-corrected chi connectivity index (χ2v) is 3.37. The number of non-ortho nitro benzene ring substituents is 1. The van der Waals surface area contributed by atoms with Crippen molar-refractivity contribution in [2.75, 3.05) is 6.61 Å². The number of ether oxygens (including phenoxy) is 1. The Hall–Kier alpha value is -1.62. The van der Waals surface area contributed by atoms with Crippen molar-refractivity contribution in [2.24, 2.45) is 0 Å². The van der Waals surface area contributed by atoms with Gasteiger partial charge in [0, 0.05) is 12.1 Å². The van der Waals surface area contributed by atoms with Crippen LogP contribution in [0.3, 0.4) is 0 Å². The summed E-state index contributed by atoms with van der Waals surface area (Å²) in [7, 11) is 0. The third-order valence-corrected chi connectivity index (χ3v) is 1.85. The second-order valence-electron chi connectivity index (χ2n) is 3.37. The molecular formula is C10H13NO4. The summed E-state index contributed by atoms with van der Waals surface area (Å²) < 4.78 is 5.26. The number of aliphatic hydroxyl groups is 1. The minimum Gasteiger partial charge on any atom is -0.491 e. The highest BCUT2D eigenvalue weighted by atomic mass is 16.6. The van der Waals surface area contributed by atoms with Gasteiger partial charge in [0.25, 0.3) is 5.69 Å². The molecule has 0 aromatic heterocycles. The third-order valence-electron chi connectivity index (χ3n) is 1.85. The van der Waals surface area contributed by atoms with Crippen LogP contribution in [0.25, 0.3) is 0 Å². The molecule has 0 unspecified atom stereocenters. The number of nitro benzene ring substituents is 1. The lowest BCUT2D eigenvalue weighted by atomic mass is 10.2. The zero-order valence-corrected chi connectivity index (χ0v) is 8.64. The van der Waals surface area contributed by atoms with Crippen LogP contribution in [0.1, 0.15) is 12.5 Å². The smallest absolute Gasteiger partial charge is 0.269 e. The Bertz CT molecular complexity index is 362. The fraction of sp³-hybridized carbons (Fsp3) is 0.400. The first kappa shape index (κ1) is 11.5. The number of benzene rings is 1. The maximum absolute atomic E-state index is 10.5. The fourth-order valence-electron chi connectivity index (χ4n) is 1.12. The molecule has 1 aromatic carbocycles. The molecule has 1 N–H and O–H groups in total. The molecule has 0 aliphatic rings. The van der Waals surface area contributed by atoms with Gasteiger partial charge in [-0.05, 0) is 25.5 Å². The minimum atomic E-state index is -0.556. The van der Waals surface area contributed by atoms with Gasteiger partial charge in [0.2, 0.25) is 0 Å². The molecule has 0 bridgehead atoms. The number of rotatable bonds is 4. The van der Waals surface area contributed by atoms with Crippen LogP contribution in [0.5, 0.6) is 5.75 Å². The quantitative estimate of drug-likeness (QED) is 0.607. The van der Waals surface area contributed by atoms with Crippen molar-refractivity contribution in [1.82, 2.24) is 0 Å². The van der Waals surface area contributed by atoms with Gasteiger partial charge < -0.3 is 9.84 Å². The van der Waals surface area contributed by atoms with Gasteiger partial charge in [0.15, 0.2) is 0 Å². The predicted octanol–water partition coefficient (Wildman–Crippen LogP) is 1.66. The molecule has 0 amide bonds. The molecule has 0 spiro atoms. The van der Waals surface area contributed by atoms with Crippen LogP contribution >= 0.6 is 0 Å². The van der Waals surface area contributed by atoms with Crippen molar-refractivity contribution in [2.45, 2.75) is 20.0 Å². The monoisotopic (exact) mass is 211 g/mol. The number of hydrogen-bond donors (Lipinski definition) is 1. The zero-order valence-electron chi connectivity index (χ0n) is 8.64. The molecule has 0 saturated heterocycles. The molecular weight excluding hydrogens is 198 g/mol. The van der Waals surface area contributed by atoms with Crippen molar-refractivity contribution < 1.29 is 14.8 Å². The molecule has 15 heavy (non-hydrogen) atoms. The Morgan fingerprint density at radius 2 is 2.27 bits per heavy atom. The average Bonchev–Trinajstić information content (AvgIpc) is 2.15. The first-order valence-electron chi connectivity index (χ1n) is 4.56. The molecule has 1 aromatic rings. The van der Waals surface area contributed by atoms with Crippen molar-refractivity contribution in [1.29, 1.82) is 0 Å². The Labute approximate surface area is 87.5 Å². The van der Waals surface area contributed by atoms with Crippen LogP contribution in [0.15, 0.2) is 18.2 Å². The number of aliphatic hydroxyl groups excluding tert-OH is 1. The van der Waals surface area contributed by atoms with Gasteiger partial charge >= 0.3 is 0 Å². The van der Waals surface area contributed by atoms with Crippen LogP contribution in [-0.2, 0) is 0 Å². The SMILES string of the molecule is Cc1cc([N+](=O)[O-])ccc1OC[C@@H](C)O. The highest BCUT2D eigenvalue weighted by Gasteiger charge is 2.09. The van der Waals surface area contributed by atoms with E-state index in [1.54, 1.807) is 13.8 Å². The van der Waals surface area contributed by atoms with E-state index in [1.807, 2.05) is 0 Å². The lowest BCUT2D eigenvalue weighted by Crippen LogP contribution is -2.13. The molecule has 0 heterocycles. The van der Waals surface area contributed by atoms with Crippen LogP contribution < -0.4 is 4.74 Å². The normalized spacial score (nSPS) is 12.2. The lowest BCUT2D eigenvalue weighted by Gasteiger charge is -2.09. The number of nitro groups is 1. The highest BCUT2D eigenvalue weighted by molar-refractivity contribution is 5.42. The summed E-state index contributed by atoms with van der Waals surface area (Å²) in [6.07, 6.45) is -0.556. The van der Waals surface area contributed by atoms with E-state index in [1.165, 1.54) is 18.2 Å². The minimum absolute atomic E-state index is 0.0388. The molecule has 0 saturated carbocycles. The lowest BCUT2D eigenvalue weighted by molar-refractivity contribution is -0.384. The third kappa shape index (κ3) is 3.21. The molecule has 0 aliphatic carbocycles. The standard InChI is InChI=1S/C10H13NO4/c1-7-5-9(11(13)14)3-4-10(7)15-6-8(2)12/h3-5,8,12H,6H2,1-2H3/t8-/m1/s1. The summed E-state index contributed by atoms with van der Waals surface area (Å²) in [6.45, 7) is 3.52. The fourth-order valence-corrected chi connectivity index (χ4v) is 1.12. The summed E-state index contributed by atoms with van der Waals surface area (Å²) in [4.78, 5) is 10.0. The largest absolute Gasteiger partial charge is 0.491 e. The second kappa shape index (κ2) is 4.75. The van der Waals surface area contributed by atoms with E-state index in [-0.39, 0.29) is 12.3 Å².